The van der Waals surface area contributed by atoms with Gasteiger partial charge in [-0.05, 0) is 42.5 Å². The number of carbonyl (C=O) groups is 2. The SMILES string of the molecule is O=C(CSCc1nc2sc3c(c2c(=O)[nH]1)CCC3)NNC(=O)Cc1ccc(Cl)cc1. The minimum Gasteiger partial charge on any atom is -0.309 e. The first-order valence-corrected chi connectivity index (χ1v) is 11.8. The Morgan fingerprint density at radius 2 is 1.93 bits per heavy atom. The van der Waals surface area contributed by atoms with E-state index in [0.717, 1.165) is 40.6 Å². The summed E-state index contributed by atoms with van der Waals surface area (Å²) in [6.45, 7) is 0. The molecule has 1 aliphatic carbocycles. The lowest BCUT2D eigenvalue weighted by Gasteiger charge is -2.07. The van der Waals surface area contributed by atoms with Crippen LogP contribution < -0.4 is 16.4 Å². The average Bonchev–Trinajstić information content (AvgIpc) is 3.29. The molecule has 1 aliphatic rings. The highest BCUT2D eigenvalue weighted by molar-refractivity contribution is 7.99. The number of aromatic nitrogens is 2. The van der Waals surface area contributed by atoms with Crippen molar-refractivity contribution in [1.82, 2.24) is 20.8 Å². The van der Waals surface area contributed by atoms with Crippen LogP contribution in [-0.4, -0.2) is 27.5 Å². The van der Waals surface area contributed by atoms with Gasteiger partial charge in [-0.25, -0.2) is 4.98 Å². The average molecular weight is 463 g/mol. The second-order valence-electron chi connectivity index (χ2n) is 6.94. The van der Waals surface area contributed by atoms with E-state index in [4.69, 9.17) is 11.6 Å². The van der Waals surface area contributed by atoms with Crippen molar-refractivity contribution in [3.05, 3.63) is 61.5 Å². The largest absolute Gasteiger partial charge is 0.309 e. The second kappa shape index (κ2) is 9.20. The first-order chi connectivity index (χ1) is 14.5. The van der Waals surface area contributed by atoms with Gasteiger partial charge in [-0.2, -0.15) is 0 Å². The molecule has 3 N–H and O–H groups in total. The van der Waals surface area contributed by atoms with Crippen LogP contribution in [0.2, 0.25) is 5.02 Å². The van der Waals surface area contributed by atoms with Crippen molar-refractivity contribution < 1.29 is 9.59 Å². The molecule has 0 atom stereocenters. The van der Waals surface area contributed by atoms with Crippen molar-refractivity contribution in [3.8, 4) is 0 Å². The van der Waals surface area contributed by atoms with E-state index in [0.29, 0.717) is 16.6 Å². The van der Waals surface area contributed by atoms with E-state index in [1.54, 1.807) is 35.6 Å². The number of aryl methyl sites for hydroxylation is 2. The molecule has 0 radical (unpaired) electrons. The number of rotatable bonds is 6. The summed E-state index contributed by atoms with van der Waals surface area (Å²) in [5.74, 6) is 0.432. The van der Waals surface area contributed by atoms with Crippen molar-refractivity contribution in [3.63, 3.8) is 0 Å². The van der Waals surface area contributed by atoms with Gasteiger partial charge in [-0.3, -0.25) is 25.2 Å². The fourth-order valence-corrected chi connectivity index (χ4v) is 5.46. The highest BCUT2D eigenvalue weighted by Crippen LogP contribution is 2.34. The van der Waals surface area contributed by atoms with Gasteiger partial charge < -0.3 is 4.98 Å². The quantitative estimate of drug-likeness (QED) is 0.489. The molecule has 10 heteroatoms. The third-order valence-electron chi connectivity index (χ3n) is 4.72. The number of hydrogen-bond acceptors (Lipinski definition) is 6. The summed E-state index contributed by atoms with van der Waals surface area (Å²) >= 11 is 8.72. The van der Waals surface area contributed by atoms with Crippen LogP contribution in [0.5, 0.6) is 0 Å². The Bertz CT molecular complexity index is 1160. The van der Waals surface area contributed by atoms with E-state index in [9.17, 15) is 14.4 Å². The summed E-state index contributed by atoms with van der Waals surface area (Å²) in [7, 11) is 0. The van der Waals surface area contributed by atoms with Crippen LogP contribution in [0.3, 0.4) is 0 Å². The van der Waals surface area contributed by atoms with Crippen LogP contribution in [0, 0.1) is 0 Å². The van der Waals surface area contributed by atoms with Crippen molar-refractivity contribution in [2.45, 2.75) is 31.4 Å². The van der Waals surface area contributed by atoms with Crippen molar-refractivity contribution in [2.75, 3.05) is 5.75 Å². The molecular weight excluding hydrogens is 444 g/mol. The molecule has 3 aromatic rings. The molecule has 0 spiro atoms. The Balaban J connectivity index is 1.24. The number of nitrogens with one attached hydrogen (secondary N) is 3. The van der Waals surface area contributed by atoms with Gasteiger partial charge in [0.25, 0.3) is 5.56 Å². The first kappa shape index (κ1) is 20.9. The second-order valence-corrected chi connectivity index (χ2v) is 9.45. The number of hydrazine groups is 1. The standard InChI is InChI=1S/C20H19ClN4O3S2/c21-12-6-4-11(5-7-12)8-16(26)24-25-17(27)10-29-9-15-22-19(28)18-13-2-1-3-14(13)30-20(18)23-15/h4-7H,1-3,8-10H2,(H,24,26)(H,25,27)(H,22,23,28). The highest BCUT2D eigenvalue weighted by Gasteiger charge is 2.21. The van der Waals surface area contributed by atoms with Crippen molar-refractivity contribution in [2.24, 2.45) is 0 Å². The number of amides is 2. The molecule has 0 fully saturated rings. The Morgan fingerprint density at radius 1 is 1.17 bits per heavy atom. The van der Waals surface area contributed by atoms with Crippen LogP contribution in [0.25, 0.3) is 10.2 Å². The number of fused-ring (bicyclic) bond motifs is 3. The zero-order valence-corrected chi connectivity index (χ0v) is 18.3. The smallest absolute Gasteiger partial charge is 0.259 e. The summed E-state index contributed by atoms with van der Waals surface area (Å²) in [5.41, 5.74) is 6.63. The minimum absolute atomic E-state index is 0.103. The third kappa shape index (κ3) is 4.85. The highest BCUT2D eigenvalue weighted by atomic mass is 35.5. The molecule has 2 amide bonds. The number of thiophene rings is 1. The Kier molecular flexibility index (Phi) is 6.40. The van der Waals surface area contributed by atoms with Gasteiger partial charge in [0.2, 0.25) is 11.8 Å². The monoisotopic (exact) mass is 462 g/mol. The lowest BCUT2D eigenvalue weighted by molar-refractivity contribution is -0.127. The number of thioether (sulfide) groups is 1. The summed E-state index contributed by atoms with van der Waals surface area (Å²) in [5, 5.41) is 1.32. The summed E-state index contributed by atoms with van der Waals surface area (Å²) in [6.07, 6.45) is 3.20. The van der Waals surface area contributed by atoms with Gasteiger partial charge in [-0.1, -0.05) is 23.7 Å². The Morgan fingerprint density at radius 3 is 2.73 bits per heavy atom. The van der Waals surface area contributed by atoms with E-state index in [1.807, 2.05) is 0 Å². The maximum Gasteiger partial charge on any atom is 0.259 e. The maximum absolute atomic E-state index is 12.4. The van der Waals surface area contributed by atoms with Gasteiger partial charge in [0.1, 0.15) is 10.7 Å². The zero-order chi connectivity index (χ0) is 21.1. The number of H-pyrrole nitrogens is 1. The topological polar surface area (TPSA) is 104 Å². The van der Waals surface area contributed by atoms with Crippen LogP contribution in [0.15, 0.2) is 29.1 Å². The molecule has 7 nitrogen and oxygen atoms in total. The van der Waals surface area contributed by atoms with E-state index in [2.05, 4.69) is 20.8 Å². The van der Waals surface area contributed by atoms with Crippen LogP contribution in [0.4, 0.5) is 0 Å². The van der Waals surface area contributed by atoms with Gasteiger partial charge in [-0.15, -0.1) is 23.1 Å². The van der Waals surface area contributed by atoms with Crippen LogP contribution in [0.1, 0.15) is 28.2 Å². The maximum atomic E-state index is 12.4. The molecule has 156 valence electrons. The van der Waals surface area contributed by atoms with Gasteiger partial charge in [0, 0.05) is 9.90 Å². The van der Waals surface area contributed by atoms with Gasteiger partial charge >= 0.3 is 0 Å². The van der Waals surface area contributed by atoms with E-state index < -0.39 is 0 Å². The summed E-state index contributed by atoms with van der Waals surface area (Å²) in [6, 6.07) is 6.93. The number of hydrogen-bond donors (Lipinski definition) is 3. The van der Waals surface area contributed by atoms with Gasteiger partial charge in [0.15, 0.2) is 0 Å². The molecular formula is C20H19ClN4O3S2. The molecule has 0 bridgehead atoms. The lowest BCUT2D eigenvalue weighted by atomic mass is 10.1. The molecule has 30 heavy (non-hydrogen) atoms. The molecule has 0 saturated carbocycles. The fraction of sp³-hybridized carbons (Fsp3) is 0.300. The molecule has 2 heterocycles. The number of carbonyl (C=O) groups excluding carboxylic acids is 2. The number of aromatic amines is 1. The first-order valence-electron chi connectivity index (χ1n) is 9.43. The Labute approximate surface area is 185 Å². The van der Waals surface area contributed by atoms with Crippen LogP contribution in [-0.2, 0) is 34.6 Å². The molecule has 0 saturated heterocycles. The normalized spacial score (nSPS) is 12.7. The number of halogens is 1. The molecule has 4 rings (SSSR count). The minimum atomic E-state index is -0.331. The third-order valence-corrected chi connectivity index (χ3v) is 7.10. The lowest BCUT2D eigenvalue weighted by Crippen LogP contribution is -2.43. The summed E-state index contributed by atoms with van der Waals surface area (Å²) < 4.78 is 0. The predicted octanol–water partition coefficient (Wildman–Crippen LogP) is 2.75. The summed E-state index contributed by atoms with van der Waals surface area (Å²) in [4.78, 5) is 45.7. The van der Waals surface area contributed by atoms with E-state index in [1.165, 1.54) is 16.6 Å². The van der Waals surface area contributed by atoms with E-state index in [-0.39, 0.29) is 29.5 Å². The zero-order valence-electron chi connectivity index (χ0n) is 15.9. The van der Waals surface area contributed by atoms with Crippen molar-refractivity contribution in [1.29, 1.82) is 0 Å². The fourth-order valence-electron chi connectivity index (χ4n) is 3.36. The van der Waals surface area contributed by atoms with Crippen LogP contribution >= 0.6 is 34.7 Å². The molecule has 2 aromatic heterocycles. The predicted molar refractivity (Wildman–Crippen MR) is 120 cm³/mol. The molecule has 0 aliphatic heterocycles. The van der Waals surface area contributed by atoms with E-state index >= 15 is 0 Å². The van der Waals surface area contributed by atoms with Gasteiger partial charge in [0.05, 0.1) is 23.3 Å². The number of nitrogens with zero attached hydrogens (tertiary/aromatic N) is 1. The Hall–Kier alpha value is -2.36. The number of benzene rings is 1. The van der Waals surface area contributed by atoms with Crippen molar-refractivity contribution >= 4 is 56.7 Å². The molecule has 1 aromatic carbocycles. The molecule has 0 unspecified atom stereocenters.